The van der Waals surface area contributed by atoms with E-state index in [1.807, 2.05) is 6.92 Å². The Morgan fingerprint density at radius 2 is 2.31 bits per heavy atom. The monoisotopic (exact) mass is 222 g/mol. The van der Waals surface area contributed by atoms with Crippen molar-refractivity contribution in [2.24, 2.45) is 5.73 Å². The van der Waals surface area contributed by atoms with Crippen LogP contribution in [0.2, 0.25) is 0 Å². The Morgan fingerprint density at radius 1 is 1.56 bits per heavy atom. The summed E-state index contributed by atoms with van der Waals surface area (Å²) in [5.74, 6) is -0.414. The van der Waals surface area contributed by atoms with E-state index in [-0.39, 0.29) is 24.2 Å². The highest BCUT2D eigenvalue weighted by Gasteiger charge is 2.24. The zero-order valence-corrected chi connectivity index (χ0v) is 9.22. The summed E-state index contributed by atoms with van der Waals surface area (Å²) in [7, 11) is 0. The van der Waals surface area contributed by atoms with Gasteiger partial charge in [-0.2, -0.15) is 0 Å². The van der Waals surface area contributed by atoms with E-state index in [1.165, 1.54) is 12.1 Å². The third-order valence-electron chi connectivity index (χ3n) is 2.83. The molecule has 16 heavy (non-hydrogen) atoms. The summed E-state index contributed by atoms with van der Waals surface area (Å²) in [6, 6.07) is 2.60. The highest BCUT2D eigenvalue weighted by Crippen LogP contribution is 2.33. The Balaban J connectivity index is 2.42. The lowest BCUT2D eigenvalue weighted by Crippen LogP contribution is -2.13. The summed E-state index contributed by atoms with van der Waals surface area (Å²) < 4.78 is 13.4. The molecule has 1 amide bonds. The number of rotatable bonds is 3. The van der Waals surface area contributed by atoms with Gasteiger partial charge in [0.2, 0.25) is 5.91 Å². The van der Waals surface area contributed by atoms with Gasteiger partial charge in [-0.15, -0.1) is 0 Å². The van der Waals surface area contributed by atoms with E-state index < -0.39 is 0 Å². The molecule has 3 N–H and O–H groups in total. The van der Waals surface area contributed by atoms with Gasteiger partial charge in [0.05, 0.1) is 6.42 Å². The molecule has 0 fully saturated rings. The lowest BCUT2D eigenvalue weighted by atomic mass is 9.98. The third kappa shape index (κ3) is 1.93. The van der Waals surface area contributed by atoms with Crippen molar-refractivity contribution in [3.05, 3.63) is 29.1 Å². The van der Waals surface area contributed by atoms with E-state index >= 15 is 0 Å². The Hall–Kier alpha value is -1.42. The van der Waals surface area contributed by atoms with Gasteiger partial charge >= 0.3 is 0 Å². The molecule has 0 spiro atoms. The smallest absolute Gasteiger partial charge is 0.228 e. The first kappa shape index (κ1) is 11.1. The van der Waals surface area contributed by atoms with Crippen LogP contribution < -0.4 is 11.1 Å². The maximum absolute atomic E-state index is 13.4. The predicted octanol–water partition coefficient (Wildman–Crippen LogP) is 2.12. The molecule has 0 radical (unpaired) electrons. The maximum atomic E-state index is 13.4. The molecular weight excluding hydrogens is 207 g/mol. The number of carbonyl (C=O) groups excluding carboxylic acids is 1. The number of anilines is 1. The van der Waals surface area contributed by atoms with Gasteiger partial charge in [-0.25, -0.2) is 4.39 Å². The van der Waals surface area contributed by atoms with Gasteiger partial charge in [0, 0.05) is 11.7 Å². The summed E-state index contributed by atoms with van der Waals surface area (Å²) in [6.45, 7) is 2.03. The van der Waals surface area contributed by atoms with Crippen molar-refractivity contribution >= 4 is 11.6 Å². The Kier molecular flexibility index (Phi) is 2.92. The minimum atomic E-state index is -0.322. The molecule has 1 atom stereocenters. The van der Waals surface area contributed by atoms with Crippen LogP contribution in [0.3, 0.4) is 0 Å². The number of amides is 1. The van der Waals surface area contributed by atoms with Crippen LogP contribution in [-0.2, 0) is 11.2 Å². The third-order valence-corrected chi connectivity index (χ3v) is 2.83. The number of hydrogen-bond donors (Lipinski definition) is 2. The zero-order chi connectivity index (χ0) is 11.7. The summed E-state index contributed by atoms with van der Waals surface area (Å²) >= 11 is 0. The van der Waals surface area contributed by atoms with E-state index in [1.54, 1.807) is 0 Å². The van der Waals surface area contributed by atoms with E-state index in [2.05, 4.69) is 5.32 Å². The normalized spacial score (nSPS) is 15.8. The van der Waals surface area contributed by atoms with Gasteiger partial charge in [0.15, 0.2) is 0 Å². The van der Waals surface area contributed by atoms with Crippen molar-refractivity contribution in [1.82, 2.24) is 0 Å². The van der Waals surface area contributed by atoms with Crippen molar-refractivity contribution in [3.63, 3.8) is 0 Å². The molecule has 0 aromatic heterocycles. The van der Waals surface area contributed by atoms with Gasteiger partial charge in [0.25, 0.3) is 0 Å². The minimum Gasteiger partial charge on any atom is -0.325 e. The SMILES string of the molecule is CCCC(N)c1cc(F)cc2c1NC(=O)C2. The average Bonchev–Trinajstić information content (AvgIpc) is 2.57. The van der Waals surface area contributed by atoms with Crippen LogP contribution in [0.15, 0.2) is 12.1 Å². The van der Waals surface area contributed by atoms with Crippen molar-refractivity contribution in [2.45, 2.75) is 32.2 Å². The average molecular weight is 222 g/mol. The van der Waals surface area contributed by atoms with Crippen molar-refractivity contribution < 1.29 is 9.18 Å². The lowest BCUT2D eigenvalue weighted by molar-refractivity contribution is -0.115. The van der Waals surface area contributed by atoms with E-state index in [9.17, 15) is 9.18 Å². The highest BCUT2D eigenvalue weighted by atomic mass is 19.1. The lowest BCUT2D eigenvalue weighted by Gasteiger charge is -2.15. The molecule has 4 heteroatoms. The van der Waals surface area contributed by atoms with E-state index in [0.29, 0.717) is 16.8 Å². The van der Waals surface area contributed by atoms with Crippen molar-refractivity contribution in [3.8, 4) is 0 Å². The number of nitrogens with two attached hydrogens (primary N) is 1. The largest absolute Gasteiger partial charge is 0.325 e. The molecule has 86 valence electrons. The topological polar surface area (TPSA) is 55.1 Å². The minimum absolute atomic E-state index is 0.0921. The fourth-order valence-corrected chi connectivity index (χ4v) is 2.09. The van der Waals surface area contributed by atoms with Crippen LogP contribution >= 0.6 is 0 Å². The number of halogens is 1. The predicted molar refractivity (Wildman–Crippen MR) is 60.6 cm³/mol. The Morgan fingerprint density at radius 3 is 3.00 bits per heavy atom. The molecule has 1 aromatic rings. The molecule has 0 saturated heterocycles. The maximum Gasteiger partial charge on any atom is 0.228 e. The van der Waals surface area contributed by atoms with Crippen LogP contribution in [0.25, 0.3) is 0 Å². The summed E-state index contributed by atoms with van der Waals surface area (Å²) in [4.78, 5) is 11.3. The van der Waals surface area contributed by atoms with Gasteiger partial charge in [-0.05, 0) is 29.7 Å². The standard InChI is InChI=1S/C12H15FN2O/c1-2-3-10(14)9-6-8(13)4-7-5-11(16)15-12(7)9/h4,6,10H,2-3,5,14H2,1H3,(H,15,16). The molecule has 0 bridgehead atoms. The second-order valence-corrected chi connectivity index (χ2v) is 4.15. The second-order valence-electron chi connectivity index (χ2n) is 4.15. The molecule has 1 aromatic carbocycles. The highest BCUT2D eigenvalue weighted by molar-refractivity contribution is 6.00. The fourth-order valence-electron chi connectivity index (χ4n) is 2.09. The molecule has 2 rings (SSSR count). The first-order valence-electron chi connectivity index (χ1n) is 5.49. The Labute approximate surface area is 93.8 Å². The molecule has 1 heterocycles. The summed E-state index contributed by atoms with van der Waals surface area (Å²) in [6.07, 6.45) is 1.96. The van der Waals surface area contributed by atoms with Crippen molar-refractivity contribution in [1.29, 1.82) is 0 Å². The molecular formula is C12H15FN2O. The molecule has 3 nitrogen and oxygen atoms in total. The van der Waals surface area contributed by atoms with Gasteiger partial charge in [-0.1, -0.05) is 13.3 Å². The first-order chi connectivity index (χ1) is 7.61. The number of benzene rings is 1. The molecule has 0 saturated carbocycles. The molecule has 1 unspecified atom stereocenters. The number of carbonyl (C=O) groups is 1. The van der Waals surface area contributed by atoms with Crippen LogP contribution in [0.5, 0.6) is 0 Å². The number of hydrogen-bond acceptors (Lipinski definition) is 2. The van der Waals surface area contributed by atoms with Gasteiger partial charge < -0.3 is 11.1 Å². The Bertz CT molecular complexity index is 431. The summed E-state index contributed by atoms with van der Waals surface area (Å²) in [5.41, 5.74) is 8.12. The molecule has 1 aliphatic heterocycles. The van der Waals surface area contributed by atoms with Gasteiger partial charge in [-0.3, -0.25) is 4.79 Å². The zero-order valence-electron chi connectivity index (χ0n) is 9.22. The first-order valence-corrected chi connectivity index (χ1v) is 5.49. The van der Waals surface area contributed by atoms with Gasteiger partial charge in [0.1, 0.15) is 5.82 Å². The fraction of sp³-hybridized carbons (Fsp3) is 0.417. The summed E-state index contributed by atoms with van der Waals surface area (Å²) in [5, 5.41) is 2.75. The quantitative estimate of drug-likeness (QED) is 0.823. The second kappa shape index (κ2) is 4.22. The van der Waals surface area contributed by atoms with Crippen LogP contribution in [0.1, 0.15) is 36.9 Å². The van der Waals surface area contributed by atoms with Crippen LogP contribution in [-0.4, -0.2) is 5.91 Å². The van der Waals surface area contributed by atoms with Crippen LogP contribution in [0, 0.1) is 5.82 Å². The molecule has 1 aliphatic rings. The van der Waals surface area contributed by atoms with E-state index in [4.69, 9.17) is 5.73 Å². The van der Waals surface area contributed by atoms with E-state index in [0.717, 1.165) is 12.8 Å². The molecule has 0 aliphatic carbocycles. The number of nitrogens with one attached hydrogen (secondary N) is 1. The van der Waals surface area contributed by atoms with Crippen LogP contribution in [0.4, 0.5) is 10.1 Å². The number of fused-ring (bicyclic) bond motifs is 1. The van der Waals surface area contributed by atoms with Crippen molar-refractivity contribution in [2.75, 3.05) is 5.32 Å².